The predicted molar refractivity (Wildman–Crippen MR) is 116 cm³/mol. The van der Waals surface area contributed by atoms with Crippen LogP contribution in [0.1, 0.15) is 36.4 Å². The Labute approximate surface area is 180 Å². The highest BCUT2D eigenvalue weighted by atomic mass is 79.9. The maximum absolute atomic E-state index is 12.9. The van der Waals surface area contributed by atoms with Gasteiger partial charge in [0.15, 0.2) is 11.5 Å². The van der Waals surface area contributed by atoms with Crippen LogP contribution in [0.15, 0.2) is 46.9 Å². The monoisotopic (exact) mass is 458 g/mol. The van der Waals surface area contributed by atoms with Crippen molar-refractivity contribution in [2.24, 2.45) is 0 Å². The Hall–Kier alpha value is -2.05. The molecule has 2 aromatic carbocycles. The van der Waals surface area contributed by atoms with E-state index in [1.165, 1.54) is 5.56 Å². The summed E-state index contributed by atoms with van der Waals surface area (Å²) in [5, 5.41) is 0. The Kier molecular flexibility index (Phi) is 6.40. The normalized spacial score (nSPS) is 19.0. The number of amides is 1. The summed E-state index contributed by atoms with van der Waals surface area (Å²) in [6, 6.07) is 14.6. The average molecular weight is 459 g/mol. The Morgan fingerprint density at radius 3 is 2.66 bits per heavy atom. The molecular formula is C23H27BrN2O3. The van der Waals surface area contributed by atoms with Crippen LogP contribution in [0.3, 0.4) is 0 Å². The highest BCUT2D eigenvalue weighted by Crippen LogP contribution is 2.37. The molecule has 0 aromatic heterocycles. The van der Waals surface area contributed by atoms with E-state index in [1.54, 1.807) is 0 Å². The standard InChI is InChI=1S/C23H27BrN2O3/c1-25(15-17-5-8-19(24)9-6-17)23(27)16-26-11-2-4-20(26)18-7-10-21-22(14-18)29-13-3-12-28-21/h5-10,14,20H,2-4,11-13,15-16H2,1H3. The van der Waals surface area contributed by atoms with Crippen LogP contribution in [-0.4, -0.2) is 49.1 Å². The van der Waals surface area contributed by atoms with Crippen LogP contribution < -0.4 is 9.47 Å². The van der Waals surface area contributed by atoms with Gasteiger partial charge in [-0.1, -0.05) is 34.1 Å². The van der Waals surface area contributed by atoms with Gasteiger partial charge in [0.25, 0.3) is 0 Å². The van der Waals surface area contributed by atoms with Gasteiger partial charge < -0.3 is 14.4 Å². The minimum absolute atomic E-state index is 0.147. The van der Waals surface area contributed by atoms with E-state index >= 15 is 0 Å². The molecule has 29 heavy (non-hydrogen) atoms. The van der Waals surface area contributed by atoms with Crippen molar-refractivity contribution in [2.45, 2.75) is 31.8 Å². The van der Waals surface area contributed by atoms with Gasteiger partial charge in [-0.25, -0.2) is 0 Å². The van der Waals surface area contributed by atoms with Crippen LogP contribution in [0, 0.1) is 0 Å². The Morgan fingerprint density at radius 2 is 1.86 bits per heavy atom. The number of rotatable bonds is 5. The molecule has 0 saturated carbocycles. The molecule has 1 fully saturated rings. The Bertz CT molecular complexity index is 856. The largest absolute Gasteiger partial charge is 0.490 e. The van der Waals surface area contributed by atoms with E-state index in [1.807, 2.05) is 42.3 Å². The molecule has 2 aliphatic heterocycles. The van der Waals surface area contributed by atoms with E-state index in [-0.39, 0.29) is 11.9 Å². The van der Waals surface area contributed by atoms with Crippen molar-refractivity contribution < 1.29 is 14.3 Å². The molecule has 1 amide bonds. The SMILES string of the molecule is CN(Cc1ccc(Br)cc1)C(=O)CN1CCCC1c1ccc2c(c1)OCCCO2. The number of ether oxygens (including phenoxy) is 2. The number of likely N-dealkylation sites (N-methyl/N-ethyl adjacent to an activating group) is 1. The summed E-state index contributed by atoms with van der Waals surface area (Å²) < 4.78 is 12.7. The number of carbonyl (C=O) groups excluding carboxylic acids is 1. The number of hydrogen-bond acceptors (Lipinski definition) is 4. The number of fused-ring (bicyclic) bond motifs is 1. The summed E-state index contributed by atoms with van der Waals surface area (Å²) in [4.78, 5) is 17.0. The molecule has 0 aliphatic carbocycles. The summed E-state index contributed by atoms with van der Waals surface area (Å²) in [7, 11) is 1.88. The molecule has 0 bridgehead atoms. The van der Waals surface area contributed by atoms with E-state index in [2.05, 4.69) is 33.0 Å². The van der Waals surface area contributed by atoms with Crippen molar-refractivity contribution in [3.8, 4) is 11.5 Å². The molecule has 2 aromatic rings. The molecule has 5 nitrogen and oxygen atoms in total. The molecule has 6 heteroatoms. The van der Waals surface area contributed by atoms with Gasteiger partial charge in [0.05, 0.1) is 19.8 Å². The maximum Gasteiger partial charge on any atom is 0.236 e. The number of hydrogen-bond donors (Lipinski definition) is 0. The maximum atomic E-state index is 12.9. The van der Waals surface area contributed by atoms with Crippen molar-refractivity contribution in [3.05, 3.63) is 58.1 Å². The molecule has 2 aliphatic rings. The quantitative estimate of drug-likeness (QED) is 0.665. The summed E-state index contributed by atoms with van der Waals surface area (Å²) in [5.74, 6) is 1.79. The number of carbonyl (C=O) groups is 1. The van der Waals surface area contributed by atoms with E-state index in [4.69, 9.17) is 9.47 Å². The number of halogens is 1. The average Bonchev–Trinajstić information content (AvgIpc) is 3.05. The topological polar surface area (TPSA) is 42.0 Å². The summed E-state index contributed by atoms with van der Waals surface area (Å²) in [6.45, 7) is 3.38. The highest BCUT2D eigenvalue weighted by molar-refractivity contribution is 9.10. The molecule has 154 valence electrons. The fraction of sp³-hybridized carbons (Fsp3) is 0.435. The summed E-state index contributed by atoms with van der Waals surface area (Å²) >= 11 is 3.45. The van der Waals surface area contributed by atoms with Crippen molar-refractivity contribution in [1.82, 2.24) is 9.80 Å². The van der Waals surface area contributed by atoms with Crippen LogP contribution in [0.25, 0.3) is 0 Å². The van der Waals surface area contributed by atoms with Gasteiger partial charge in [-0.05, 0) is 54.8 Å². The zero-order valence-corrected chi connectivity index (χ0v) is 18.4. The molecule has 1 atom stereocenters. The van der Waals surface area contributed by atoms with Crippen molar-refractivity contribution >= 4 is 21.8 Å². The number of benzene rings is 2. The number of likely N-dealkylation sites (tertiary alicyclic amines) is 1. The van der Waals surface area contributed by atoms with Crippen LogP contribution in [0.5, 0.6) is 11.5 Å². The van der Waals surface area contributed by atoms with Gasteiger partial charge in [-0.15, -0.1) is 0 Å². The molecule has 0 radical (unpaired) electrons. The first-order valence-corrected chi connectivity index (χ1v) is 11.0. The van der Waals surface area contributed by atoms with Crippen LogP contribution in [0.2, 0.25) is 0 Å². The van der Waals surface area contributed by atoms with Gasteiger partial charge in [-0.2, -0.15) is 0 Å². The second-order valence-electron chi connectivity index (χ2n) is 7.76. The third-order valence-corrected chi connectivity index (χ3v) is 6.15. The van der Waals surface area contributed by atoms with Gasteiger partial charge >= 0.3 is 0 Å². The fourth-order valence-corrected chi connectivity index (χ4v) is 4.29. The van der Waals surface area contributed by atoms with E-state index in [0.717, 1.165) is 47.3 Å². The Balaban J connectivity index is 1.41. The van der Waals surface area contributed by atoms with Gasteiger partial charge in [0.1, 0.15) is 0 Å². The smallest absolute Gasteiger partial charge is 0.236 e. The van der Waals surface area contributed by atoms with Crippen LogP contribution in [-0.2, 0) is 11.3 Å². The molecule has 4 rings (SSSR count). The van der Waals surface area contributed by atoms with Gasteiger partial charge in [0.2, 0.25) is 5.91 Å². The summed E-state index contributed by atoms with van der Waals surface area (Å²) in [5.41, 5.74) is 2.33. The second-order valence-corrected chi connectivity index (χ2v) is 8.68. The van der Waals surface area contributed by atoms with Crippen molar-refractivity contribution in [2.75, 3.05) is 33.4 Å². The van der Waals surface area contributed by atoms with E-state index in [9.17, 15) is 4.79 Å². The minimum Gasteiger partial charge on any atom is -0.490 e. The van der Waals surface area contributed by atoms with Crippen molar-refractivity contribution in [3.63, 3.8) is 0 Å². The summed E-state index contributed by atoms with van der Waals surface area (Å²) in [6.07, 6.45) is 3.06. The second kappa shape index (κ2) is 9.18. The van der Waals surface area contributed by atoms with Gasteiger partial charge in [-0.3, -0.25) is 9.69 Å². The first-order chi connectivity index (χ1) is 14.1. The lowest BCUT2D eigenvalue weighted by Gasteiger charge is -2.27. The first kappa shape index (κ1) is 20.2. The lowest BCUT2D eigenvalue weighted by atomic mass is 10.0. The molecule has 1 unspecified atom stereocenters. The number of nitrogens with zero attached hydrogens (tertiary/aromatic N) is 2. The molecular weight excluding hydrogens is 432 g/mol. The van der Waals surface area contributed by atoms with E-state index < -0.39 is 0 Å². The van der Waals surface area contributed by atoms with Crippen LogP contribution in [0.4, 0.5) is 0 Å². The fourth-order valence-electron chi connectivity index (χ4n) is 4.03. The third kappa shape index (κ3) is 4.93. The molecule has 0 N–H and O–H groups in total. The Morgan fingerprint density at radius 1 is 1.10 bits per heavy atom. The minimum atomic E-state index is 0.147. The molecule has 2 heterocycles. The van der Waals surface area contributed by atoms with Crippen LogP contribution >= 0.6 is 15.9 Å². The first-order valence-electron chi connectivity index (χ1n) is 10.2. The predicted octanol–water partition coefficient (Wildman–Crippen LogP) is 4.41. The zero-order valence-electron chi connectivity index (χ0n) is 16.8. The zero-order chi connectivity index (χ0) is 20.2. The highest BCUT2D eigenvalue weighted by Gasteiger charge is 2.29. The lowest BCUT2D eigenvalue weighted by Crippen LogP contribution is -2.37. The van der Waals surface area contributed by atoms with E-state index in [0.29, 0.717) is 26.3 Å². The molecule has 1 saturated heterocycles. The van der Waals surface area contributed by atoms with Crippen molar-refractivity contribution in [1.29, 1.82) is 0 Å². The third-order valence-electron chi connectivity index (χ3n) is 5.62. The van der Waals surface area contributed by atoms with Gasteiger partial charge in [0, 0.05) is 30.5 Å². The lowest BCUT2D eigenvalue weighted by molar-refractivity contribution is -0.131. The molecule has 0 spiro atoms.